The zero-order chi connectivity index (χ0) is 22.3. The number of nitrogens with zero attached hydrogens (tertiary/aromatic N) is 5. The molecular formula is C22H29N5O4. The second-order valence-corrected chi connectivity index (χ2v) is 7.94. The number of urea groups is 1. The molecule has 0 aromatic heterocycles. The van der Waals surface area contributed by atoms with Crippen LogP contribution in [-0.2, 0) is 11.2 Å². The molecule has 2 unspecified atom stereocenters. The summed E-state index contributed by atoms with van der Waals surface area (Å²) >= 11 is 0. The summed E-state index contributed by atoms with van der Waals surface area (Å²) in [5.41, 5.74) is 2.13. The predicted octanol–water partition coefficient (Wildman–Crippen LogP) is 2.09. The molecule has 0 bridgehead atoms. The van der Waals surface area contributed by atoms with E-state index in [0.29, 0.717) is 24.6 Å². The van der Waals surface area contributed by atoms with Crippen molar-refractivity contribution in [1.82, 2.24) is 19.6 Å². The Hall–Kier alpha value is -3.23. The molecule has 9 heteroatoms. The Morgan fingerprint density at radius 2 is 1.81 bits per heavy atom. The van der Waals surface area contributed by atoms with Crippen LogP contribution in [0.25, 0.3) is 0 Å². The zero-order valence-electron chi connectivity index (χ0n) is 18.7. The molecule has 1 aromatic rings. The van der Waals surface area contributed by atoms with Crippen molar-refractivity contribution in [3.05, 3.63) is 35.7 Å². The minimum Gasteiger partial charge on any atom is -0.493 e. The Kier molecular flexibility index (Phi) is 5.51. The molecule has 1 aromatic carbocycles. The molecule has 9 nitrogen and oxygen atoms in total. The number of likely N-dealkylation sites (N-methyl/N-ethyl adjacent to an activating group) is 1. The maximum absolute atomic E-state index is 13.1. The van der Waals surface area contributed by atoms with E-state index in [-0.39, 0.29) is 11.9 Å². The first-order valence-corrected chi connectivity index (χ1v) is 10.5. The lowest BCUT2D eigenvalue weighted by molar-refractivity contribution is -0.136. The van der Waals surface area contributed by atoms with Gasteiger partial charge in [0.15, 0.2) is 23.7 Å². The molecule has 1 fully saturated rings. The van der Waals surface area contributed by atoms with E-state index in [1.54, 1.807) is 26.2 Å². The minimum atomic E-state index is -0.509. The van der Waals surface area contributed by atoms with Crippen molar-refractivity contribution >= 4 is 17.9 Å². The number of benzene rings is 1. The summed E-state index contributed by atoms with van der Waals surface area (Å²) < 4.78 is 10.7. The van der Waals surface area contributed by atoms with Gasteiger partial charge in [-0.1, -0.05) is 13.0 Å². The number of hydrogen-bond donors (Lipinski definition) is 0. The van der Waals surface area contributed by atoms with E-state index in [2.05, 4.69) is 4.90 Å². The van der Waals surface area contributed by atoms with Gasteiger partial charge in [-0.25, -0.2) is 9.79 Å². The van der Waals surface area contributed by atoms with Gasteiger partial charge in [-0.15, -0.1) is 0 Å². The van der Waals surface area contributed by atoms with Crippen LogP contribution >= 0.6 is 0 Å². The number of allylic oxidation sites excluding steroid dienone is 1. The Morgan fingerprint density at radius 3 is 2.48 bits per heavy atom. The second-order valence-electron chi connectivity index (χ2n) is 7.94. The van der Waals surface area contributed by atoms with Crippen molar-refractivity contribution in [3.8, 4) is 11.5 Å². The number of fused-ring (bicyclic) bond motifs is 3. The average molecular weight is 428 g/mol. The third-order valence-electron chi connectivity index (χ3n) is 6.02. The smallest absolute Gasteiger partial charge is 0.328 e. The lowest BCUT2D eigenvalue weighted by atomic mass is 10.1. The number of carbonyl (C=O) groups excluding carboxylic acids is 2. The van der Waals surface area contributed by atoms with Crippen LogP contribution in [0.2, 0.25) is 0 Å². The lowest BCUT2D eigenvalue weighted by Gasteiger charge is -2.40. The first kappa shape index (κ1) is 21.0. The number of guanidine groups is 1. The van der Waals surface area contributed by atoms with Crippen molar-refractivity contribution in [2.24, 2.45) is 4.99 Å². The summed E-state index contributed by atoms with van der Waals surface area (Å²) in [4.78, 5) is 37.5. The van der Waals surface area contributed by atoms with E-state index >= 15 is 0 Å². The molecule has 4 rings (SSSR count). The fourth-order valence-corrected chi connectivity index (χ4v) is 4.38. The number of aliphatic imine (C=N–C) groups is 1. The van der Waals surface area contributed by atoms with Gasteiger partial charge >= 0.3 is 6.03 Å². The van der Waals surface area contributed by atoms with Crippen LogP contribution in [0.1, 0.15) is 25.8 Å². The number of hydrogen-bond acceptors (Lipinski definition) is 7. The molecule has 31 heavy (non-hydrogen) atoms. The monoisotopic (exact) mass is 427 g/mol. The normalized spacial score (nSPS) is 22.5. The maximum Gasteiger partial charge on any atom is 0.328 e. The molecule has 0 aliphatic carbocycles. The van der Waals surface area contributed by atoms with Gasteiger partial charge in [0.2, 0.25) is 5.96 Å². The van der Waals surface area contributed by atoms with Crippen LogP contribution in [0, 0.1) is 0 Å². The molecule has 0 radical (unpaired) electrons. The lowest BCUT2D eigenvalue weighted by Crippen LogP contribution is -2.64. The van der Waals surface area contributed by atoms with Crippen LogP contribution in [0.15, 0.2) is 35.1 Å². The molecule has 3 aliphatic heterocycles. The summed E-state index contributed by atoms with van der Waals surface area (Å²) in [6.07, 6.45) is 2.95. The third-order valence-corrected chi connectivity index (χ3v) is 6.02. The van der Waals surface area contributed by atoms with E-state index < -0.39 is 12.2 Å². The molecule has 0 spiro atoms. The van der Waals surface area contributed by atoms with Crippen LogP contribution in [0.4, 0.5) is 4.79 Å². The highest BCUT2D eigenvalue weighted by molar-refractivity contribution is 6.04. The molecule has 2 atom stereocenters. The largest absolute Gasteiger partial charge is 0.493 e. The van der Waals surface area contributed by atoms with E-state index in [1.807, 2.05) is 43.1 Å². The van der Waals surface area contributed by atoms with E-state index in [9.17, 15) is 9.59 Å². The summed E-state index contributed by atoms with van der Waals surface area (Å²) in [5.74, 6) is 1.93. The van der Waals surface area contributed by atoms with Gasteiger partial charge in [0, 0.05) is 32.0 Å². The molecule has 3 aliphatic rings. The molecule has 166 valence electrons. The fourth-order valence-electron chi connectivity index (χ4n) is 4.38. The van der Waals surface area contributed by atoms with Crippen LogP contribution in [-0.4, -0.2) is 84.1 Å². The molecule has 3 heterocycles. The zero-order valence-corrected chi connectivity index (χ0v) is 18.7. The van der Waals surface area contributed by atoms with E-state index in [4.69, 9.17) is 14.5 Å². The number of carbonyl (C=O) groups is 2. The summed E-state index contributed by atoms with van der Waals surface area (Å²) in [6, 6.07) is 5.10. The number of imide groups is 1. The van der Waals surface area contributed by atoms with Crippen LogP contribution in [0.3, 0.4) is 0 Å². The van der Waals surface area contributed by atoms with Gasteiger partial charge < -0.3 is 24.2 Å². The minimum absolute atomic E-state index is 0.181. The van der Waals surface area contributed by atoms with Crippen LogP contribution in [0.5, 0.6) is 11.5 Å². The fraction of sp³-hybridized carbons (Fsp3) is 0.500. The van der Waals surface area contributed by atoms with Gasteiger partial charge in [0.25, 0.3) is 5.91 Å². The predicted molar refractivity (Wildman–Crippen MR) is 116 cm³/mol. The first-order valence-electron chi connectivity index (χ1n) is 10.5. The molecular weight excluding hydrogens is 398 g/mol. The van der Waals surface area contributed by atoms with Gasteiger partial charge in [0.1, 0.15) is 0 Å². The molecule has 0 saturated carbocycles. The Bertz CT molecular complexity index is 959. The highest BCUT2D eigenvalue weighted by atomic mass is 16.5. The Morgan fingerprint density at radius 1 is 1.06 bits per heavy atom. The molecule has 0 N–H and O–H groups in total. The first-order chi connectivity index (χ1) is 14.9. The number of amides is 3. The second kappa shape index (κ2) is 8.13. The standard InChI is InChI=1S/C22H29N5O4/c1-6-10-26-20(28)18-19(24(3)22(26)29)23-21-25(14(2)13-27(18)21)11-9-15-7-8-16(30-4)17(12-15)31-5/h7-8,12-13,18-19H,6,9-11H2,1-5H3. The topological polar surface area (TPSA) is 77.9 Å². The summed E-state index contributed by atoms with van der Waals surface area (Å²) in [7, 11) is 4.96. The van der Waals surface area contributed by atoms with Gasteiger partial charge in [0.05, 0.1) is 14.2 Å². The summed E-state index contributed by atoms with van der Waals surface area (Å²) in [6.45, 7) is 5.08. The van der Waals surface area contributed by atoms with Crippen molar-refractivity contribution in [2.45, 2.75) is 38.9 Å². The Labute approximate surface area is 182 Å². The number of rotatable bonds is 7. The van der Waals surface area contributed by atoms with E-state index in [1.165, 1.54) is 4.90 Å². The SMILES string of the molecule is CCCN1C(=O)C2C(N=C3N(CCc4ccc(OC)c(OC)c4)C(C)=CN32)N(C)C1=O. The highest BCUT2D eigenvalue weighted by Gasteiger charge is 2.53. The Balaban J connectivity index is 1.53. The quantitative estimate of drug-likeness (QED) is 0.663. The average Bonchev–Trinajstić information content (AvgIpc) is 3.28. The number of methoxy groups -OCH3 is 2. The molecule has 3 amide bonds. The highest BCUT2D eigenvalue weighted by Crippen LogP contribution is 2.34. The van der Waals surface area contributed by atoms with Gasteiger partial charge in [-0.3, -0.25) is 9.69 Å². The van der Waals surface area contributed by atoms with Crippen LogP contribution < -0.4 is 9.47 Å². The van der Waals surface area contributed by atoms with Gasteiger partial charge in [-0.2, -0.15) is 0 Å². The number of ether oxygens (including phenoxy) is 2. The molecule has 1 saturated heterocycles. The summed E-state index contributed by atoms with van der Waals surface area (Å²) in [5, 5.41) is 0. The van der Waals surface area contributed by atoms with Crippen molar-refractivity contribution in [1.29, 1.82) is 0 Å². The van der Waals surface area contributed by atoms with Gasteiger partial charge in [-0.05, 0) is 37.5 Å². The third kappa shape index (κ3) is 3.37. The maximum atomic E-state index is 13.1. The van der Waals surface area contributed by atoms with Crippen molar-refractivity contribution in [3.63, 3.8) is 0 Å². The van der Waals surface area contributed by atoms with Crippen molar-refractivity contribution in [2.75, 3.05) is 34.4 Å². The van der Waals surface area contributed by atoms with E-state index in [0.717, 1.165) is 30.1 Å². The van der Waals surface area contributed by atoms with Crippen molar-refractivity contribution < 1.29 is 19.1 Å².